The molecule has 0 aliphatic rings. The first-order valence-electron chi connectivity index (χ1n) is 4.92. The van der Waals surface area contributed by atoms with Crippen molar-refractivity contribution < 1.29 is 19.0 Å². The average molecular weight is 227 g/mol. The minimum atomic E-state index is -0.301. The van der Waals surface area contributed by atoms with Gasteiger partial charge >= 0.3 is 0 Å². The van der Waals surface area contributed by atoms with Crippen molar-refractivity contribution in [2.75, 3.05) is 19.8 Å². The van der Waals surface area contributed by atoms with Gasteiger partial charge in [-0.2, -0.15) is 0 Å². The molecular formula is C11H14FNO3. The molecule has 0 heterocycles. The van der Waals surface area contributed by atoms with Gasteiger partial charge in [-0.05, 0) is 17.7 Å². The normalized spacial score (nSPS) is 10.1. The number of nitrogens with one attached hydrogen (secondary N) is 1. The molecule has 0 atom stereocenters. The summed E-state index contributed by atoms with van der Waals surface area (Å²) in [5.41, 5.74) is 0.802. The van der Waals surface area contributed by atoms with E-state index in [1.807, 2.05) is 0 Å². The third-order valence-corrected chi connectivity index (χ3v) is 1.85. The Hall–Kier alpha value is -1.46. The summed E-state index contributed by atoms with van der Waals surface area (Å²) in [5.74, 6) is -0.583. The summed E-state index contributed by atoms with van der Waals surface area (Å²) >= 11 is 0. The van der Waals surface area contributed by atoms with E-state index in [9.17, 15) is 9.18 Å². The highest BCUT2D eigenvalue weighted by Crippen LogP contribution is 2.03. The molecule has 1 amide bonds. The molecule has 1 aromatic rings. The van der Waals surface area contributed by atoms with E-state index in [0.29, 0.717) is 0 Å². The van der Waals surface area contributed by atoms with E-state index in [2.05, 4.69) is 5.32 Å². The van der Waals surface area contributed by atoms with Crippen LogP contribution in [0.25, 0.3) is 0 Å². The molecule has 0 saturated heterocycles. The van der Waals surface area contributed by atoms with E-state index in [-0.39, 0.29) is 38.1 Å². The van der Waals surface area contributed by atoms with Gasteiger partial charge in [-0.15, -0.1) is 0 Å². The number of amides is 1. The van der Waals surface area contributed by atoms with Gasteiger partial charge in [0.1, 0.15) is 12.4 Å². The number of benzene rings is 1. The summed E-state index contributed by atoms with van der Waals surface area (Å²) in [6, 6.07) is 5.87. The smallest absolute Gasteiger partial charge is 0.246 e. The Labute approximate surface area is 93.0 Å². The Bertz CT molecular complexity index is 327. The van der Waals surface area contributed by atoms with Crippen molar-refractivity contribution in [1.82, 2.24) is 5.32 Å². The number of halogens is 1. The Morgan fingerprint density at radius 1 is 1.38 bits per heavy atom. The molecule has 0 bridgehead atoms. The lowest BCUT2D eigenvalue weighted by molar-refractivity contribution is -0.126. The maximum absolute atomic E-state index is 12.5. The van der Waals surface area contributed by atoms with Crippen LogP contribution in [0.5, 0.6) is 0 Å². The van der Waals surface area contributed by atoms with E-state index >= 15 is 0 Å². The van der Waals surface area contributed by atoms with Crippen LogP contribution < -0.4 is 5.32 Å². The van der Waals surface area contributed by atoms with Crippen molar-refractivity contribution in [3.05, 3.63) is 35.6 Å². The third-order valence-electron chi connectivity index (χ3n) is 1.85. The van der Waals surface area contributed by atoms with Gasteiger partial charge in [0.2, 0.25) is 5.91 Å². The Kier molecular flexibility index (Phi) is 5.45. The van der Waals surface area contributed by atoms with E-state index in [1.54, 1.807) is 12.1 Å². The standard InChI is InChI=1S/C11H14FNO3/c12-10-3-1-9(2-4-10)7-16-8-11(15)13-5-6-14/h1-4,14H,5-8H2,(H,13,15). The number of aliphatic hydroxyl groups is 1. The second-order valence-electron chi connectivity index (χ2n) is 3.19. The minimum Gasteiger partial charge on any atom is -0.395 e. The molecule has 88 valence electrons. The number of hydrogen-bond acceptors (Lipinski definition) is 3. The molecule has 1 rings (SSSR count). The van der Waals surface area contributed by atoms with Crippen molar-refractivity contribution in [2.45, 2.75) is 6.61 Å². The average Bonchev–Trinajstić information content (AvgIpc) is 2.29. The summed E-state index contributed by atoms with van der Waals surface area (Å²) in [5, 5.41) is 10.9. The van der Waals surface area contributed by atoms with Crippen LogP contribution >= 0.6 is 0 Å². The van der Waals surface area contributed by atoms with Crippen LogP contribution in [0.3, 0.4) is 0 Å². The highest BCUT2D eigenvalue weighted by molar-refractivity contribution is 5.77. The molecule has 0 aromatic heterocycles. The summed E-state index contributed by atoms with van der Waals surface area (Å²) in [7, 11) is 0. The second-order valence-corrected chi connectivity index (χ2v) is 3.19. The fourth-order valence-corrected chi connectivity index (χ4v) is 1.09. The molecule has 0 unspecified atom stereocenters. The van der Waals surface area contributed by atoms with Crippen molar-refractivity contribution in [1.29, 1.82) is 0 Å². The molecule has 2 N–H and O–H groups in total. The van der Waals surface area contributed by atoms with E-state index in [0.717, 1.165) is 5.56 Å². The first-order chi connectivity index (χ1) is 7.72. The minimum absolute atomic E-state index is 0.0720. The predicted molar refractivity (Wildman–Crippen MR) is 56.2 cm³/mol. The van der Waals surface area contributed by atoms with E-state index in [1.165, 1.54) is 12.1 Å². The number of rotatable bonds is 6. The summed E-state index contributed by atoms with van der Waals surface area (Å²) in [6.45, 7) is 0.312. The Morgan fingerprint density at radius 3 is 2.69 bits per heavy atom. The van der Waals surface area contributed by atoms with Crippen LogP contribution in [0.4, 0.5) is 4.39 Å². The molecule has 0 spiro atoms. The monoisotopic (exact) mass is 227 g/mol. The van der Waals surface area contributed by atoms with Gasteiger partial charge in [-0.25, -0.2) is 4.39 Å². The molecule has 0 aliphatic carbocycles. The van der Waals surface area contributed by atoms with E-state index in [4.69, 9.17) is 9.84 Å². The van der Waals surface area contributed by atoms with Crippen molar-refractivity contribution >= 4 is 5.91 Å². The van der Waals surface area contributed by atoms with Crippen molar-refractivity contribution in [2.24, 2.45) is 0 Å². The fourth-order valence-electron chi connectivity index (χ4n) is 1.09. The van der Waals surface area contributed by atoms with Gasteiger partial charge in [0.05, 0.1) is 13.2 Å². The van der Waals surface area contributed by atoms with Crippen molar-refractivity contribution in [3.8, 4) is 0 Å². The molecule has 0 aliphatic heterocycles. The topological polar surface area (TPSA) is 58.6 Å². The SMILES string of the molecule is O=C(COCc1ccc(F)cc1)NCCO. The molecule has 5 heteroatoms. The lowest BCUT2D eigenvalue weighted by atomic mass is 10.2. The fraction of sp³-hybridized carbons (Fsp3) is 0.364. The number of carbonyl (C=O) groups is 1. The van der Waals surface area contributed by atoms with Gasteiger partial charge in [0, 0.05) is 6.54 Å². The highest BCUT2D eigenvalue weighted by Gasteiger charge is 2.00. The van der Waals surface area contributed by atoms with Gasteiger partial charge < -0.3 is 15.2 Å². The summed E-state index contributed by atoms with van der Waals surface area (Å²) < 4.78 is 17.7. The number of carbonyl (C=O) groups excluding carboxylic acids is 1. The molecular weight excluding hydrogens is 213 g/mol. The third kappa shape index (κ3) is 4.86. The quantitative estimate of drug-likeness (QED) is 0.742. The maximum Gasteiger partial charge on any atom is 0.246 e. The van der Waals surface area contributed by atoms with Crippen LogP contribution in [-0.4, -0.2) is 30.8 Å². The van der Waals surface area contributed by atoms with Crippen LogP contribution in [-0.2, 0) is 16.1 Å². The van der Waals surface area contributed by atoms with Gasteiger partial charge in [-0.1, -0.05) is 12.1 Å². The maximum atomic E-state index is 12.5. The summed E-state index contributed by atoms with van der Waals surface area (Å²) in [6.07, 6.45) is 0. The Balaban J connectivity index is 2.20. The van der Waals surface area contributed by atoms with E-state index < -0.39 is 0 Å². The van der Waals surface area contributed by atoms with Crippen LogP contribution in [0.2, 0.25) is 0 Å². The lowest BCUT2D eigenvalue weighted by Crippen LogP contribution is -2.29. The molecule has 16 heavy (non-hydrogen) atoms. The van der Waals surface area contributed by atoms with Crippen LogP contribution in [0.1, 0.15) is 5.56 Å². The van der Waals surface area contributed by atoms with Gasteiger partial charge in [0.15, 0.2) is 0 Å². The molecule has 1 aromatic carbocycles. The number of hydrogen-bond donors (Lipinski definition) is 2. The van der Waals surface area contributed by atoms with Crippen LogP contribution in [0.15, 0.2) is 24.3 Å². The molecule has 0 saturated carbocycles. The molecule has 0 radical (unpaired) electrons. The number of aliphatic hydroxyl groups excluding tert-OH is 1. The first kappa shape index (κ1) is 12.6. The molecule has 0 fully saturated rings. The highest BCUT2D eigenvalue weighted by atomic mass is 19.1. The molecule has 4 nitrogen and oxygen atoms in total. The largest absolute Gasteiger partial charge is 0.395 e. The zero-order valence-corrected chi connectivity index (χ0v) is 8.78. The zero-order valence-electron chi connectivity index (χ0n) is 8.78. The zero-order chi connectivity index (χ0) is 11.8. The number of ether oxygens (including phenoxy) is 1. The van der Waals surface area contributed by atoms with Gasteiger partial charge in [0.25, 0.3) is 0 Å². The Morgan fingerprint density at radius 2 is 2.06 bits per heavy atom. The van der Waals surface area contributed by atoms with Crippen LogP contribution in [0, 0.1) is 5.82 Å². The second kappa shape index (κ2) is 6.92. The summed E-state index contributed by atoms with van der Waals surface area (Å²) in [4.78, 5) is 11.0. The predicted octanol–water partition coefficient (Wildman–Crippen LogP) is 0.451. The van der Waals surface area contributed by atoms with Crippen molar-refractivity contribution in [3.63, 3.8) is 0 Å². The first-order valence-corrected chi connectivity index (χ1v) is 4.92. The lowest BCUT2D eigenvalue weighted by Gasteiger charge is -2.05. The van der Waals surface area contributed by atoms with Gasteiger partial charge in [-0.3, -0.25) is 4.79 Å².